The van der Waals surface area contributed by atoms with Crippen LogP contribution in [0.2, 0.25) is 5.02 Å². The molecule has 1 aromatic heterocycles. The summed E-state index contributed by atoms with van der Waals surface area (Å²) in [5.74, 6) is 2.62. The Labute approximate surface area is 182 Å². The van der Waals surface area contributed by atoms with Gasteiger partial charge in [0.2, 0.25) is 0 Å². The monoisotopic (exact) mass is 432 g/mol. The van der Waals surface area contributed by atoms with Crippen molar-refractivity contribution in [2.45, 2.75) is 58.3 Å². The lowest BCUT2D eigenvalue weighted by atomic mass is 9.72. The number of benzene rings is 1. The number of carbonyl (C=O) groups is 1. The van der Waals surface area contributed by atoms with Crippen molar-refractivity contribution < 1.29 is 14.3 Å². The molecule has 0 saturated carbocycles. The van der Waals surface area contributed by atoms with Crippen LogP contribution >= 0.6 is 11.6 Å². The van der Waals surface area contributed by atoms with Crippen LogP contribution in [0.1, 0.15) is 44.3 Å². The Morgan fingerprint density at radius 2 is 1.97 bits per heavy atom. The summed E-state index contributed by atoms with van der Waals surface area (Å²) in [5.41, 5.74) is 0.263. The molecule has 1 saturated heterocycles. The van der Waals surface area contributed by atoms with E-state index in [1.807, 2.05) is 24.0 Å². The van der Waals surface area contributed by atoms with Crippen LogP contribution in [0.15, 0.2) is 24.3 Å². The largest absolute Gasteiger partial charge is 0.481 e. The van der Waals surface area contributed by atoms with Crippen molar-refractivity contribution in [1.82, 2.24) is 19.7 Å². The fraction of sp³-hybridized carbons (Fsp3) is 0.591. The molecule has 0 bridgehead atoms. The highest BCUT2D eigenvalue weighted by atomic mass is 35.5. The molecule has 0 radical (unpaired) electrons. The Morgan fingerprint density at radius 3 is 2.70 bits per heavy atom. The third-order valence-corrected chi connectivity index (χ3v) is 6.75. The number of rotatable bonds is 5. The van der Waals surface area contributed by atoms with E-state index in [4.69, 9.17) is 21.1 Å². The number of fused-ring (bicyclic) bond motifs is 1. The first-order valence-electron chi connectivity index (χ1n) is 10.6. The van der Waals surface area contributed by atoms with Gasteiger partial charge in [-0.2, -0.15) is 0 Å². The standard InChI is InChI=1S/C22H29ClN4O3/c1-16(30-18-5-3-4-17(23)14-18)21(28)26-11-8-22(9-12-26)7-6-19-24-25-20(15-29-2)27(19)13-10-22/h3-5,14,16H,6-13,15H2,1-2H3. The van der Waals surface area contributed by atoms with Gasteiger partial charge in [0.25, 0.3) is 5.91 Å². The molecule has 0 N–H and O–H groups in total. The van der Waals surface area contributed by atoms with E-state index in [1.165, 1.54) is 0 Å². The molecule has 1 spiro atoms. The first kappa shape index (κ1) is 21.1. The van der Waals surface area contributed by atoms with Gasteiger partial charge < -0.3 is 18.9 Å². The molecule has 7 nitrogen and oxygen atoms in total. The number of halogens is 1. The average Bonchev–Trinajstić information content (AvgIpc) is 3.04. The van der Waals surface area contributed by atoms with Crippen molar-refractivity contribution in [3.05, 3.63) is 40.9 Å². The number of amides is 1. The van der Waals surface area contributed by atoms with Crippen molar-refractivity contribution in [1.29, 1.82) is 0 Å². The minimum atomic E-state index is -0.528. The van der Waals surface area contributed by atoms with Crippen LogP contribution < -0.4 is 4.74 Å². The molecule has 0 aliphatic carbocycles. The predicted molar refractivity (Wildman–Crippen MR) is 113 cm³/mol. The minimum absolute atomic E-state index is 0.0398. The van der Waals surface area contributed by atoms with Gasteiger partial charge in [0.1, 0.15) is 18.2 Å². The molecular weight excluding hydrogens is 404 g/mol. The number of aromatic nitrogens is 3. The number of aryl methyl sites for hydroxylation is 1. The summed E-state index contributed by atoms with van der Waals surface area (Å²) in [5, 5.41) is 9.24. The Kier molecular flexibility index (Phi) is 6.29. The van der Waals surface area contributed by atoms with Crippen molar-refractivity contribution in [3.63, 3.8) is 0 Å². The summed E-state index contributed by atoms with van der Waals surface area (Å²) in [6, 6.07) is 7.17. The van der Waals surface area contributed by atoms with Crippen molar-refractivity contribution in [3.8, 4) is 5.75 Å². The maximum atomic E-state index is 12.9. The van der Waals surface area contributed by atoms with Gasteiger partial charge >= 0.3 is 0 Å². The van der Waals surface area contributed by atoms with Crippen LogP contribution in [0.3, 0.4) is 0 Å². The molecule has 1 atom stereocenters. The second-order valence-electron chi connectivity index (χ2n) is 8.41. The first-order valence-corrected chi connectivity index (χ1v) is 11.0. The molecule has 4 rings (SSSR count). The quantitative estimate of drug-likeness (QED) is 0.723. The number of nitrogens with zero attached hydrogens (tertiary/aromatic N) is 4. The minimum Gasteiger partial charge on any atom is -0.481 e. The van der Waals surface area contributed by atoms with Gasteiger partial charge in [-0.1, -0.05) is 17.7 Å². The number of methoxy groups -OCH3 is 1. The molecule has 162 valence electrons. The first-order chi connectivity index (χ1) is 14.5. The highest BCUT2D eigenvalue weighted by Gasteiger charge is 2.38. The molecule has 8 heteroatoms. The second kappa shape index (κ2) is 8.94. The topological polar surface area (TPSA) is 69.5 Å². The summed E-state index contributed by atoms with van der Waals surface area (Å²) in [6.07, 6.45) is 4.61. The average molecular weight is 433 g/mol. The molecule has 1 unspecified atom stereocenters. The smallest absolute Gasteiger partial charge is 0.263 e. The molecule has 2 aliphatic rings. The van der Waals surface area contributed by atoms with Crippen LogP contribution in [0.25, 0.3) is 0 Å². The van der Waals surface area contributed by atoms with E-state index in [9.17, 15) is 4.79 Å². The van der Waals surface area contributed by atoms with Crippen LogP contribution in [-0.2, 0) is 29.1 Å². The molecular formula is C22H29ClN4O3. The maximum absolute atomic E-state index is 12.9. The summed E-state index contributed by atoms with van der Waals surface area (Å²) in [4.78, 5) is 14.9. The van der Waals surface area contributed by atoms with E-state index in [2.05, 4.69) is 14.8 Å². The SMILES string of the molecule is COCc1nnc2n1CCC1(CC2)CCN(C(=O)C(C)Oc2cccc(Cl)c2)CC1. The Hall–Kier alpha value is -2.12. The maximum Gasteiger partial charge on any atom is 0.263 e. The predicted octanol–water partition coefficient (Wildman–Crippen LogP) is 3.49. The van der Waals surface area contributed by atoms with Gasteiger partial charge in [-0.15, -0.1) is 10.2 Å². The van der Waals surface area contributed by atoms with Crippen molar-refractivity contribution >= 4 is 17.5 Å². The number of hydrogen-bond donors (Lipinski definition) is 0. The van der Waals surface area contributed by atoms with Crippen LogP contribution in [0, 0.1) is 5.41 Å². The lowest BCUT2D eigenvalue weighted by molar-refractivity contribution is -0.140. The van der Waals surface area contributed by atoms with Gasteiger partial charge in [-0.05, 0) is 56.2 Å². The summed E-state index contributed by atoms with van der Waals surface area (Å²) >= 11 is 6.01. The fourth-order valence-electron chi connectivity index (χ4n) is 4.66. The van der Waals surface area contributed by atoms with Gasteiger partial charge in [0.15, 0.2) is 11.9 Å². The van der Waals surface area contributed by atoms with E-state index >= 15 is 0 Å². The third kappa shape index (κ3) is 4.47. The van der Waals surface area contributed by atoms with Crippen LogP contribution in [0.5, 0.6) is 5.75 Å². The zero-order valence-corrected chi connectivity index (χ0v) is 18.4. The van der Waals surface area contributed by atoms with Gasteiger partial charge in [-0.3, -0.25) is 4.79 Å². The van der Waals surface area contributed by atoms with Crippen LogP contribution in [0.4, 0.5) is 0 Å². The molecule has 1 aromatic carbocycles. The number of carbonyl (C=O) groups excluding carboxylic acids is 1. The van der Waals surface area contributed by atoms with E-state index in [1.54, 1.807) is 19.2 Å². The van der Waals surface area contributed by atoms with E-state index in [0.29, 0.717) is 17.4 Å². The highest BCUT2D eigenvalue weighted by molar-refractivity contribution is 6.30. The Bertz CT molecular complexity index is 892. The van der Waals surface area contributed by atoms with E-state index in [-0.39, 0.29) is 11.3 Å². The van der Waals surface area contributed by atoms with Gasteiger partial charge in [0, 0.05) is 38.2 Å². The molecule has 3 heterocycles. The van der Waals surface area contributed by atoms with Crippen molar-refractivity contribution in [2.24, 2.45) is 5.41 Å². The lowest BCUT2D eigenvalue weighted by Gasteiger charge is -2.42. The second-order valence-corrected chi connectivity index (χ2v) is 8.85. The van der Waals surface area contributed by atoms with Crippen molar-refractivity contribution in [2.75, 3.05) is 20.2 Å². The molecule has 1 amide bonds. The number of likely N-dealkylation sites (tertiary alicyclic amines) is 1. The zero-order valence-electron chi connectivity index (χ0n) is 17.6. The number of ether oxygens (including phenoxy) is 2. The Morgan fingerprint density at radius 1 is 1.20 bits per heavy atom. The summed E-state index contributed by atoms with van der Waals surface area (Å²) in [6.45, 7) is 4.76. The fourth-order valence-corrected chi connectivity index (χ4v) is 4.84. The molecule has 1 fully saturated rings. The molecule has 2 aliphatic heterocycles. The Balaban J connectivity index is 1.33. The van der Waals surface area contributed by atoms with Gasteiger partial charge in [-0.25, -0.2) is 0 Å². The number of piperidine rings is 1. The van der Waals surface area contributed by atoms with E-state index < -0.39 is 6.10 Å². The molecule has 2 aromatic rings. The van der Waals surface area contributed by atoms with E-state index in [0.717, 1.165) is 63.4 Å². The normalized spacial score (nSPS) is 19.2. The summed E-state index contributed by atoms with van der Waals surface area (Å²) < 4.78 is 13.3. The number of hydrogen-bond acceptors (Lipinski definition) is 5. The third-order valence-electron chi connectivity index (χ3n) is 6.51. The zero-order chi connectivity index (χ0) is 21.1. The summed E-state index contributed by atoms with van der Waals surface area (Å²) in [7, 11) is 1.68. The van der Waals surface area contributed by atoms with Gasteiger partial charge in [0.05, 0.1) is 0 Å². The lowest BCUT2D eigenvalue weighted by Crippen LogP contribution is -2.47. The highest BCUT2D eigenvalue weighted by Crippen LogP contribution is 2.41. The molecule has 30 heavy (non-hydrogen) atoms. The van der Waals surface area contributed by atoms with Crippen LogP contribution in [-0.4, -0.2) is 51.9 Å².